The number of benzene rings is 5. The van der Waals surface area contributed by atoms with E-state index in [0.717, 1.165) is 17.0 Å². The predicted octanol–water partition coefficient (Wildman–Crippen LogP) is 10.9. The normalized spacial score (nSPS) is 15.1. The highest BCUT2D eigenvalue weighted by atomic mass is 32.2. The number of nitrogens with one attached hydrogen (secondary N) is 1. The Labute approximate surface area is 266 Å². The minimum absolute atomic E-state index is 0.132. The average molecular weight is 601 g/mol. The molecule has 1 atom stereocenters. The highest BCUT2D eigenvalue weighted by Gasteiger charge is 2.21. The van der Waals surface area contributed by atoms with Gasteiger partial charge in [0.2, 0.25) is 0 Å². The summed E-state index contributed by atoms with van der Waals surface area (Å²) < 4.78 is 0. The Balaban J connectivity index is 1.29. The van der Waals surface area contributed by atoms with E-state index < -0.39 is 0 Å². The van der Waals surface area contributed by atoms with Crippen LogP contribution in [-0.2, 0) is 0 Å². The van der Waals surface area contributed by atoms with Gasteiger partial charge in [-0.2, -0.15) is 0 Å². The molecule has 1 aromatic heterocycles. The van der Waals surface area contributed by atoms with Crippen molar-refractivity contribution in [3.8, 4) is 33.5 Å². The zero-order valence-corrected chi connectivity index (χ0v) is 25.5. The molecule has 0 spiro atoms. The van der Waals surface area contributed by atoms with Gasteiger partial charge in [-0.1, -0.05) is 133 Å². The Morgan fingerprint density at radius 1 is 0.523 bits per heavy atom. The molecule has 0 saturated heterocycles. The van der Waals surface area contributed by atoms with E-state index >= 15 is 0 Å². The van der Waals surface area contributed by atoms with Crippen molar-refractivity contribution in [3.63, 3.8) is 0 Å². The van der Waals surface area contributed by atoms with Gasteiger partial charge in [-0.3, -0.25) is 4.98 Å². The van der Waals surface area contributed by atoms with E-state index in [1.807, 2.05) is 41.9 Å². The van der Waals surface area contributed by atoms with Crippen LogP contribution in [0.3, 0.4) is 0 Å². The lowest BCUT2D eigenvalue weighted by molar-refractivity contribution is 0.764. The highest BCUT2D eigenvalue weighted by molar-refractivity contribution is 8.00. The number of aromatic nitrogens is 1. The average Bonchev–Trinajstić information content (AvgIpc) is 3.10. The summed E-state index contributed by atoms with van der Waals surface area (Å²) in [7, 11) is 0. The molecule has 6 aromatic rings. The van der Waals surface area contributed by atoms with Crippen LogP contribution in [0.15, 0.2) is 177 Å². The summed E-state index contributed by atoms with van der Waals surface area (Å²) >= 11 is 3.68. The van der Waals surface area contributed by atoms with Gasteiger partial charge in [0, 0.05) is 37.0 Å². The van der Waals surface area contributed by atoms with Crippen LogP contribution >= 0.6 is 23.5 Å². The van der Waals surface area contributed by atoms with Crippen molar-refractivity contribution in [2.24, 2.45) is 0 Å². The Morgan fingerprint density at radius 3 is 1.82 bits per heavy atom. The molecule has 2 aliphatic heterocycles. The minimum Gasteiger partial charge on any atom is -0.374 e. The summed E-state index contributed by atoms with van der Waals surface area (Å²) in [5.74, 6) is 0. The van der Waals surface area contributed by atoms with E-state index in [9.17, 15) is 0 Å². The number of hydrogen-bond donors (Lipinski definition) is 1. The van der Waals surface area contributed by atoms with Crippen molar-refractivity contribution in [1.29, 1.82) is 0 Å². The topological polar surface area (TPSA) is 24.9 Å². The second-order valence-electron chi connectivity index (χ2n) is 10.8. The smallest absolute Gasteiger partial charge is 0.0702 e. The summed E-state index contributed by atoms with van der Waals surface area (Å²) in [5.41, 5.74) is 10.6. The van der Waals surface area contributed by atoms with E-state index in [0.29, 0.717) is 0 Å². The van der Waals surface area contributed by atoms with Crippen molar-refractivity contribution < 1.29 is 0 Å². The first kappa shape index (κ1) is 26.8. The number of pyridine rings is 1. The van der Waals surface area contributed by atoms with Crippen LogP contribution in [0, 0.1) is 0 Å². The summed E-state index contributed by atoms with van der Waals surface area (Å²) in [5, 5.41) is 3.78. The number of nitrogens with zero attached hydrogens (tertiary/aromatic N) is 1. The molecule has 0 saturated carbocycles. The number of rotatable bonds is 3. The third-order valence-electron chi connectivity index (χ3n) is 8.07. The Bertz CT molecular complexity index is 2050. The summed E-state index contributed by atoms with van der Waals surface area (Å²) in [6.45, 7) is 0. The maximum atomic E-state index is 4.66. The molecule has 8 rings (SSSR count). The van der Waals surface area contributed by atoms with Gasteiger partial charge in [0.15, 0.2) is 0 Å². The number of hydrogen-bond acceptors (Lipinski definition) is 4. The van der Waals surface area contributed by atoms with Gasteiger partial charge in [-0.05, 0) is 75.9 Å². The van der Waals surface area contributed by atoms with Crippen molar-refractivity contribution >= 4 is 29.2 Å². The van der Waals surface area contributed by atoms with Crippen molar-refractivity contribution in [1.82, 2.24) is 10.3 Å². The number of fused-ring (bicyclic) bond motifs is 6. The highest BCUT2D eigenvalue weighted by Crippen LogP contribution is 2.49. The largest absolute Gasteiger partial charge is 0.374 e. The molecule has 2 aliphatic rings. The number of dihydropyridines is 1. The minimum atomic E-state index is 0.132. The fourth-order valence-corrected chi connectivity index (χ4v) is 8.16. The molecule has 1 N–H and O–H groups in total. The zero-order chi connectivity index (χ0) is 29.3. The molecule has 0 aliphatic carbocycles. The SMILES string of the molecule is C1=CC(c2ccccc2)NC(c2ccc3c(c2)Sc2cc(-c4ccccn4)ccc2-c2ccccc2Sc2ccccc2-3)=C1. The van der Waals surface area contributed by atoms with E-state index in [2.05, 4.69) is 150 Å². The molecule has 1 unspecified atom stereocenters. The van der Waals surface area contributed by atoms with Crippen molar-refractivity contribution in [2.45, 2.75) is 25.6 Å². The van der Waals surface area contributed by atoms with E-state index in [-0.39, 0.29) is 6.04 Å². The van der Waals surface area contributed by atoms with Crippen LogP contribution in [0.5, 0.6) is 0 Å². The molecule has 5 aromatic carbocycles. The molecule has 0 bridgehead atoms. The van der Waals surface area contributed by atoms with Gasteiger partial charge in [0.25, 0.3) is 0 Å². The molecule has 2 nitrogen and oxygen atoms in total. The number of allylic oxidation sites excluding steroid dienone is 2. The predicted molar refractivity (Wildman–Crippen MR) is 185 cm³/mol. The Hall–Kier alpha value is -4.77. The molecular formula is C40H28N2S2. The van der Waals surface area contributed by atoms with E-state index in [4.69, 9.17) is 0 Å². The monoisotopic (exact) mass is 600 g/mol. The lowest BCUT2D eigenvalue weighted by atomic mass is 9.99. The first-order valence-electron chi connectivity index (χ1n) is 14.7. The third kappa shape index (κ3) is 5.17. The molecule has 4 heteroatoms. The van der Waals surface area contributed by atoms with Crippen molar-refractivity contribution in [2.75, 3.05) is 0 Å². The summed E-state index contributed by atoms with van der Waals surface area (Å²) in [6.07, 6.45) is 8.43. The molecule has 0 radical (unpaired) electrons. The van der Waals surface area contributed by atoms with Crippen LogP contribution in [0.25, 0.3) is 39.2 Å². The van der Waals surface area contributed by atoms with Gasteiger partial charge in [-0.15, -0.1) is 0 Å². The van der Waals surface area contributed by atoms with Crippen LogP contribution < -0.4 is 5.32 Å². The fourth-order valence-electron chi connectivity index (χ4n) is 5.87. The second kappa shape index (κ2) is 11.7. The zero-order valence-electron chi connectivity index (χ0n) is 23.9. The van der Waals surface area contributed by atoms with Gasteiger partial charge < -0.3 is 5.32 Å². The maximum Gasteiger partial charge on any atom is 0.0702 e. The van der Waals surface area contributed by atoms with Crippen LogP contribution in [0.4, 0.5) is 0 Å². The Kier molecular flexibility index (Phi) is 7.15. The fraction of sp³-hybridized carbons (Fsp3) is 0.0250. The van der Waals surface area contributed by atoms with E-state index in [1.54, 1.807) is 0 Å². The molecule has 0 amide bonds. The molecule has 44 heavy (non-hydrogen) atoms. The standard InChI is InChI=1S/C40H28N2S2/c1-2-11-27(12-3-1)35-16-10-17-36(42-35)29-21-23-33-31-14-5-7-19-38(31)43-37-18-6-4-13-30(37)32-22-20-28(34-15-8-9-24-41-34)25-39(32)44-40(33)26-29/h1-26,35,42H. The second-order valence-corrected chi connectivity index (χ2v) is 13.0. The molecular weight excluding hydrogens is 573 g/mol. The van der Waals surface area contributed by atoms with Gasteiger partial charge >= 0.3 is 0 Å². The molecule has 210 valence electrons. The van der Waals surface area contributed by atoms with Crippen LogP contribution in [-0.4, -0.2) is 4.98 Å². The molecule has 3 heterocycles. The van der Waals surface area contributed by atoms with Crippen LogP contribution in [0.2, 0.25) is 0 Å². The molecule has 0 fully saturated rings. The van der Waals surface area contributed by atoms with Gasteiger partial charge in [-0.25, -0.2) is 0 Å². The Morgan fingerprint density at radius 2 is 1.11 bits per heavy atom. The summed E-state index contributed by atoms with van der Waals surface area (Å²) in [4.78, 5) is 9.61. The van der Waals surface area contributed by atoms with Gasteiger partial charge in [0.05, 0.1) is 11.7 Å². The van der Waals surface area contributed by atoms with Crippen LogP contribution in [0.1, 0.15) is 17.2 Å². The third-order valence-corrected chi connectivity index (χ3v) is 10.3. The van der Waals surface area contributed by atoms with E-state index in [1.165, 1.54) is 53.0 Å². The van der Waals surface area contributed by atoms with Crippen molar-refractivity contribution in [3.05, 3.63) is 169 Å². The maximum absolute atomic E-state index is 4.66. The first-order valence-corrected chi connectivity index (χ1v) is 16.4. The first-order chi connectivity index (χ1) is 21.8. The summed E-state index contributed by atoms with van der Waals surface area (Å²) in [6, 6.07) is 48.1. The lowest BCUT2D eigenvalue weighted by Crippen LogP contribution is -2.20. The van der Waals surface area contributed by atoms with Gasteiger partial charge in [0.1, 0.15) is 0 Å². The quantitative estimate of drug-likeness (QED) is 0.218. The lowest BCUT2D eigenvalue weighted by Gasteiger charge is -2.24.